The molecule has 0 saturated heterocycles. The van der Waals surface area contributed by atoms with Crippen LogP contribution in [0.15, 0.2) is 41.5 Å². The summed E-state index contributed by atoms with van der Waals surface area (Å²) in [5.74, 6) is 1.08. The predicted octanol–water partition coefficient (Wildman–Crippen LogP) is 3.03. The largest absolute Gasteiger partial charge is 0.504 e. The van der Waals surface area contributed by atoms with Crippen LogP contribution < -0.4 is 10.2 Å². The number of rotatable bonds is 4. The lowest BCUT2D eigenvalue weighted by Crippen LogP contribution is -1.93. The van der Waals surface area contributed by atoms with Crippen LogP contribution in [0.2, 0.25) is 0 Å². The van der Waals surface area contributed by atoms with Crippen molar-refractivity contribution in [1.82, 2.24) is 9.97 Å². The van der Waals surface area contributed by atoms with Crippen LogP contribution in [-0.2, 0) is 0 Å². The fourth-order valence-electron chi connectivity index (χ4n) is 2.12. The molecule has 3 aromatic rings. The maximum Gasteiger partial charge on any atom is 0.222 e. The van der Waals surface area contributed by atoms with Gasteiger partial charge < -0.3 is 14.8 Å². The van der Waals surface area contributed by atoms with Gasteiger partial charge in [-0.25, -0.2) is 10.4 Å². The first-order valence-corrected chi connectivity index (χ1v) is 6.78. The molecule has 2 aromatic carbocycles. The van der Waals surface area contributed by atoms with Crippen molar-refractivity contribution >= 4 is 23.2 Å². The van der Waals surface area contributed by atoms with E-state index in [1.807, 2.05) is 25.1 Å². The minimum Gasteiger partial charge on any atom is -0.504 e. The lowest BCUT2D eigenvalue weighted by Gasteiger charge is -2.03. The molecule has 0 spiro atoms. The van der Waals surface area contributed by atoms with Gasteiger partial charge in [0.2, 0.25) is 5.95 Å². The van der Waals surface area contributed by atoms with Gasteiger partial charge in [0, 0.05) is 0 Å². The number of aryl methyl sites for hydroxylation is 1. The topological polar surface area (TPSA) is 82.5 Å². The number of phenols is 1. The lowest BCUT2D eigenvalue weighted by atomic mass is 10.2. The number of nitrogens with one attached hydrogen (secondary N) is 2. The van der Waals surface area contributed by atoms with Gasteiger partial charge in [0.05, 0.1) is 24.4 Å². The summed E-state index contributed by atoms with van der Waals surface area (Å²) >= 11 is 0. The predicted molar refractivity (Wildman–Crippen MR) is 86.7 cm³/mol. The summed E-state index contributed by atoms with van der Waals surface area (Å²) in [5.41, 5.74) is 6.67. The van der Waals surface area contributed by atoms with E-state index in [1.165, 1.54) is 12.7 Å². The highest BCUT2D eigenvalue weighted by molar-refractivity contribution is 5.82. The Bertz CT molecular complexity index is 839. The van der Waals surface area contributed by atoms with E-state index in [-0.39, 0.29) is 5.75 Å². The monoisotopic (exact) mass is 296 g/mol. The molecular weight excluding hydrogens is 280 g/mol. The van der Waals surface area contributed by atoms with Crippen LogP contribution in [0.4, 0.5) is 5.95 Å². The SMILES string of the molecule is COc1cc(/C=N\Nc2nc3ccc(C)cc3[nH]2)ccc1O. The van der Waals surface area contributed by atoms with E-state index in [0.717, 1.165) is 16.6 Å². The van der Waals surface area contributed by atoms with E-state index in [1.54, 1.807) is 24.4 Å². The average molecular weight is 296 g/mol. The first-order chi connectivity index (χ1) is 10.7. The van der Waals surface area contributed by atoms with Gasteiger partial charge in [0.25, 0.3) is 0 Å². The van der Waals surface area contributed by atoms with Crippen molar-refractivity contribution in [1.29, 1.82) is 0 Å². The fraction of sp³-hybridized carbons (Fsp3) is 0.125. The van der Waals surface area contributed by atoms with Gasteiger partial charge in [-0.3, -0.25) is 0 Å². The van der Waals surface area contributed by atoms with Crippen LogP contribution in [0, 0.1) is 6.92 Å². The molecular formula is C16H16N4O2. The van der Waals surface area contributed by atoms with Gasteiger partial charge in [-0.05, 0) is 48.4 Å². The standard InChI is InChI=1S/C16H16N4O2/c1-10-3-5-12-13(7-10)19-16(18-12)20-17-9-11-4-6-14(21)15(8-11)22-2/h3-9,21H,1-2H3,(H2,18,19,20)/b17-9-. The summed E-state index contributed by atoms with van der Waals surface area (Å²) in [5, 5.41) is 13.7. The lowest BCUT2D eigenvalue weighted by molar-refractivity contribution is 0.373. The zero-order valence-corrected chi connectivity index (χ0v) is 12.3. The van der Waals surface area contributed by atoms with Crippen molar-refractivity contribution in [2.24, 2.45) is 5.10 Å². The number of aromatic amines is 1. The number of fused-ring (bicyclic) bond motifs is 1. The second kappa shape index (κ2) is 5.77. The molecule has 0 saturated carbocycles. The molecule has 0 radical (unpaired) electrons. The van der Waals surface area contributed by atoms with Crippen LogP contribution in [0.3, 0.4) is 0 Å². The number of H-pyrrole nitrogens is 1. The summed E-state index contributed by atoms with van der Waals surface area (Å²) in [6.45, 7) is 2.03. The van der Waals surface area contributed by atoms with Gasteiger partial charge in [-0.2, -0.15) is 5.10 Å². The van der Waals surface area contributed by atoms with E-state index in [4.69, 9.17) is 4.74 Å². The number of aromatic hydroxyl groups is 1. The van der Waals surface area contributed by atoms with E-state index in [2.05, 4.69) is 20.5 Å². The average Bonchev–Trinajstić information content (AvgIpc) is 2.90. The Morgan fingerprint density at radius 3 is 2.95 bits per heavy atom. The second-order valence-corrected chi connectivity index (χ2v) is 4.91. The number of nitrogens with zero attached hydrogens (tertiary/aromatic N) is 2. The molecule has 0 aliphatic heterocycles. The highest BCUT2D eigenvalue weighted by Crippen LogP contribution is 2.25. The maximum atomic E-state index is 9.54. The maximum absolute atomic E-state index is 9.54. The molecule has 0 aliphatic rings. The Kier molecular flexibility index (Phi) is 3.65. The van der Waals surface area contributed by atoms with Crippen LogP contribution in [0.25, 0.3) is 11.0 Å². The molecule has 6 heteroatoms. The summed E-state index contributed by atoms with van der Waals surface area (Å²) in [6, 6.07) is 11.0. The quantitative estimate of drug-likeness (QED) is 0.510. The molecule has 1 heterocycles. The summed E-state index contributed by atoms with van der Waals surface area (Å²) in [7, 11) is 1.50. The minimum atomic E-state index is 0.0975. The molecule has 112 valence electrons. The first-order valence-electron chi connectivity index (χ1n) is 6.78. The number of imidazole rings is 1. The number of benzene rings is 2. The molecule has 22 heavy (non-hydrogen) atoms. The Hall–Kier alpha value is -3.02. The van der Waals surface area contributed by atoms with Crippen LogP contribution in [0.5, 0.6) is 11.5 Å². The number of anilines is 1. The van der Waals surface area contributed by atoms with Crippen LogP contribution >= 0.6 is 0 Å². The third-order valence-corrected chi connectivity index (χ3v) is 3.23. The smallest absolute Gasteiger partial charge is 0.222 e. The van der Waals surface area contributed by atoms with E-state index in [9.17, 15) is 5.11 Å². The van der Waals surface area contributed by atoms with Crippen LogP contribution in [0.1, 0.15) is 11.1 Å². The van der Waals surface area contributed by atoms with Gasteiger partial charge in [0.15, 0.2) is 11.5 Å². The molecule has 0 amide bonds. The van der Waals surface area contributed by atoms with E-state index >= 15 is 0 Å². The zero-order valence-electron chi connectivity index (χ0n) is 12.3. The van der Waals surface area contributed by atoms with Gasteiger partial charge >= 0.3 is 0 Å². The van der Waals surface area contributed by atoms with Gasteiger partial charge in [0.1, 0.15) is 0 Å². The highest BCUT2D eigenvalue weighted by Gasteiger charge is 2.02. The summed E-state index contributed by atoms with van der Waals surface area (Å²) in [6.07, 6.45) is 1.63. The van der Waals surface area contributed by atoms with Crippen molar-refractivity contribution < 1.29 is 9.84 Å². The Morgan fingerprint density at radius 1 is 1.27 bits per heavy atom. The third-order valence-electron chi connectivity index (χ3n) is 3.23. The molecule has 3 rings (SSSR count). The molecule has 1 aromatic heterocycles. The molecule has 0 unspecified atom stereocenters. The number of methoxy groups -OCH3 is 1. The number of hydrogen-bond donors (Lipinski definition) is 3. The van der Waals surface area contributed by atoms with E-state index < -0.39 is 0 Å². The Balaban J connectivity index is 1.75. The summed E-state index contributed by atoms with van der Waals surface area (Å²) < 4.78 is 5.05. The minimum absolute atomic E-state index is 0.0975. The van der Waals surface area contributed by atoms with Crippen LogP contribution in [-0.4, -0.2) is 28.4 Å². The van der Waals surface area contributed by atoms with Crippen molar-refractivity contribution in [3.05, 3.63) is 47.5 Å². The number of aromatic nitrogens is 2. The molecule has 0 atom stereocenters. The molecule has 0 bridgehead atoms. The zero-order chi connectivity index (χ0) is 15.5. The normalized spacial score (nSPS) is 11.2. The number of hydrazone groups is 1. The summed E-state index contributed by atoms with van der Waals surface area (Å²) in [4.78, 5) is 7.54. The molecule has 3 N–H and O–H groups in total. The first kappa shape index (κ1) is 13.9. The van der Waals surface area contributed by atoms with Gasteiger partial charge in [-0.1, -0.05) is 6.07 Å². The number of phenolic OH excluding ortho intramolecular Hbond substituents is 1. The van der Waals surface area contributed by atoms with Crippen molar-refractivity contribution in [2.45, 2.75) is 6.92 Å². The highest BCUT2D eigenvalue weighted by atomic mass is 16.5. The Morgan fingerprint density at radius 2 is 2.14 bits per heavy atom. The molecule has 0 aliphatic carbocycles. The Labute approximate surface area is 127 Å². The van der Waals surface area contributed by atoms with E-state index in [0.29, 0.717) is 11.7 Å². The second-order valence-electron chi connectivity index (χ2n) is 4.91. The third kappa shape index (κ3) is 2.85. The van der Waals surface area contributed by atoms with Crippen molar-refractivity contribution in [2.75, 3.05) is 12.5 Å². The fourth-order valence-corrected chi connectivity index (χ4v) is 2.12. The number of ether oxygens (including phenoxy) is 1. The number of hydrogen-bond acceptors (Lipinski definition) is 5. The van der Waals surface area contributed by atoms with Gasteiger partial charge in [-0.15, -0.1) is 0 Å². The molecule has 6 nitrogen and oxygen atoms in total. The molecule has 0 fully saturated rings. The van der Waals surface area contributed by atoms with Crippen molar-refractivity contribution in [3.63, 3.8) is 0 Å². The van der Waals surface area contributed by atoms with Crippen molar-refractivity contribution in [3.8, 4) is 11.5 Å².